The minimum absolute atomic E-state index is 0.264. The SMILES string of the molecule is CCCCNc1ccc(F)cc1OCC. The van der Waals surface area contributed by atoms with E-state index >= 15 is 0 Å². The van der Waals surface area contributed by atoms with Crippen LogP contribution in [0.2, 0.25) is 0 Å². The molecule has 0 aliphatic rings. The summed E-state index contributed by atoms with van der Waals surface area (Å²) >= 11 is 0. The van der Waals surface area contributed by atoms with Gasteiger partial charge in [0.1, 0.15) is 11.6 Å². The number of anilines is 1. The van der Waals surface area contributed by atoms with Gasteiger partial charge in [0.2, 0.25) is 0 Å². The van der Waals surface area contributed by atoms with Crippen molar-refractivity contribution >= 4 is 5.69 Å². The van der Waals surface area contributed by atoms with E-state index in [4.69, 9.17) is 4.74 Å². The number of benzene rings is 1. The topological polar surface area (TPSA) is 21.3 Å². The highest BCUT2D eigenvalue weighted by atomic mass is 19.1. The van der Waals surface area contributed by atoms with Crippen LogP contribution in [0.25, 0.3) is 0 Å². The van der Waals surface area contributed by atoms with Crippen LogP contribution in [0.3, 0.4) is 0 Å². The quantitative estimate of drug-likeness (QED) is 0.728. The summed E-state index contributed by atoms with van der Waals surface area (Å²) in [6, 6.07) is 4.57. The first-order valence-electron chi connectivity index (χ1n) is 5.44. The van der Waals surface area contributed by atoms with Crippen molar-refractivity contribution in [2.75, 3.05) is 18.5 Å². The van der Waals surface area contributed by atoms with Crippen LogP contribution in [0.1, 0.15) is 26.7 Å². The van der Waals surface area contributed by atoms with Crippen molar-refractivity contribution in [1.29, 1.82) is 0 Å². The van der Waals surface area contributed by atoms with E-state index in [-0.39, 0.29) is 5.82 Å². The number of rotatable bonds is 6. The number of halogens is 1. The van der Waals surface area contributed by atoms with Gasteiger partial charge >= 0.3 is 0 Å². The maximum atomic E-state index is 13.0. The molecule has 1 rings (SSSR count). The van der Waals surface area contributed by atoms with Crippen molar-refractivity contribution in [2.45, 2.75) is 26.7 Å². The molecule has 0 aliphatic carbocycles. The molecule has 0 aromatic heterocycles. The molecule has 1 N–H and O–H groups in total. The fraction of sp³-hybridized carbons (Fsp3) is 0.500. The molecule has 15 heavy (non-hydrogen) atoms. The van der Waals surface area contributed by atoms with Crippen LogP contribution in [0.4, 0.5) is 10.1 Å². The molecule has 0 radical (unpaired) electrons. The van der Waals surface area contributed by atoms with Crippen LogP contribution >= 0.6 is 0 Å². The molecule has 0 aliphatic heterocycles. The lowest BCUT2D eigenvalue weighted by Gasteiger charge is -2.11. The Hall–Kier alpha value is -1.25. The predicted octanol–water partition coefficient (Wildman–Crippen LogP) is 3.44. The first-order valence-corrected chi connectivity index (χ1v) is 5.44. The van der Waals surface area contributed by atoms with Crippen molar-refractivity contribution in [1.82, 2.24) is 0 Å². The van der Waals surface area contributed by atoms with Crippen molar-refractivity contribution in [2.24, 2.45) is 0 Å². The highest BCUT2D eigenvalue weighted by molar-refractivity contribution is 5.56. The molecule has 84 valence electrons. The van der Waals surface area contributed by atoms with Crippen molar-refractivity contribution in [3.63, 3.8) is 0 Å². The standard InChI is InChI=1S/C12H18FNO/c1-3-5-8-14-11-7-6-10(13)9-12(11)15-4-2/h6-7,9,14H,3-5,8H2,1-2H3. The van der Waals surface area contributed by atoms with Gasteiger partial charge in [0, 0.05) is 12.6 Å². The Morgan fingerprint density at radius 2 is 2.13 bits per heavy atom. The molecule has 0 saturated carbocycles. The van der Waals surface area contributed by atoms with Crippen LogP contribution in [0, 0.1) is 5.82 Å². The summed E-state index contributed by atoms with van der Waals surface area (Å²) in [6.07, 6.45) is 2.24. The van der Waals surface area contributed by atoms with Gasteiger partial charge in [-0.2, -0.15) is 0 Å². The zero-order valence-corrected chi connectivity index (χ0v) is 9.35. The molecule has 2 nitrogen and oxygen atoms in total. The zero-order valence-electron chi connectivity index (χ0n) is 9.35. The third-order valence-electron chi connectivity index (χ3n) is 2.09. The molecule has 0 amide bonds. The van der Waals surface area contributed by atoms with Gasteiger partial charge in [0.25, 0.3) is 0 Å². The second-order valence-electron chi connectivity index (χ2n) is 3.35. The Morgan fingerprint density at radius 3 is 2.80 bits per heavy atom. The predicted molar refractivity (Wildman–Crippen MR) is 61.0 cm³/mol. The van der Waals surface area contributed by atoms with Crippen LogP contribution < -0.4 is 10.1 Å². The van der Waals surface area contributed by atoms with Crippen LogP contribution in [-0.2, 0) is 0 Å². The summed E-state index contributed by atoms with van der Waals surface area (Å²) in [5.74, 6) is 0.327. The lowest BCUT2D eigenvalue weighted by Crippen LogP contribution is -2.04. The summed E-state index contributed by atoms with van der Waals surface area (Å²) in [5, 5.41) is 3.23. The molecule has 0 heterocycles. The van der Waals surface area contributed by atoms with E-state index in [1.807, 2.05) is 6.92 Å². The summed E-state index contributed by atoms with van der Waals surface area (Å²) in [5.41, 5.74) is 0.867. The summed E-state index contributed by atoms with van der Waals surface area (Å²) < 4.78 is 18.3. The van der Waals surface area contributed by atoms with E-state index in [9.17, 15) is 4.39 Å². The highest BCUT2D eigenvalue weighted by Gasteiger charge is 2.03. The van der Waals surface area contributed by atoms with E-state index < -0.39 is 0 Å². The molecule has 0 bridgehead atoms. The van der Waals surface area contributed by atoms with Gasteiger partial charge < -0.3 is 10.1 Å². The second-order valence-corrected chi connectivity index (χ2v) is 3.35. The van der Waals surface area contributed by atoms with Crippen molar-refractivity contribution < 1.29 is 9.13 Å². The van der Waals surface area contributed by atoms with Gasteiger partial charge in [0.15, 0.2) is 0 Å². The minimum atomic E-state index is -0.264. The Kier molecular flexibility index (Phi) is 4.95. The lowest BCUT2D eigenvalue weighted by molar-refractivity contribution is 0.340. The minimum Gasteiger partial charge on any atom is -0.492 e. The number of unbranched alkanes of at least 4 members (excludes halogenated alkanes) is 1. The Morgan fingerprint density at radius 1 is 1.33 bits per heavy atom. The summed E-state index contributed by atoms with van der Waals surface area (Å²) in [6.45, 7) is 5.46. The molecule has 0 spiro atoms. The third-order valence-corrected chi connectivity index (χ3v) is 2.09. The fourth-order valence-electron chi connectivity index (χ4n) is 1.32. The molecule has 0 atom stereocenters. The van der Waals surface area contributed by atoms with E-state index in [2.05, 4.69) is 12.2 Å². The Bertz CT molecular complexity index is 302. The van der Waals surface area contributed by atoms with Gasteiger partial charge in [-0.05, 0) is 25.5 Å². The van der Waals surface area contributed by atoms with E-state index in [1.54, 1.807) is 6.07 Å². The number of ether oxygens (including phenoxy) is 1. The van der Waals surface area contributed by atoms with Crippen molar-refractivity contribution in [3.05, 3.63) is 24.0 Å². The zero-order chi connectivity index (χ0) is 11.1. The second kappa shape index (κ2) is 6.27. The average Bonchev–Trinajstić information content (AvgIpc) is 2.22. The fourth-order valence-corrected chi connectivity index (χ4v) is 1.32. The number of hydrogen-bond donors (Lipinski definition) is 1. The Balaban J connectivity index is 2.67. The highest BCUT2D eigenvalue weighted by Crippen LogP contribution is 2.25. The van der Waals surface area contributed by atoms with Gasteiger partial charge in [0.05, 0.1) is 12.3 Å². The first-order chi connectivity index (χ1) is 7.27. The maximum absolute atomic E-state index is 13.0. The van der Waals surface area contributed by atoms with Crippen LogP contribution in [0.5, 0.6) is 5.75 Å². The van der Waals surface area contributed by atoms with E-state index in [0.29, 0.717) is 12.4 Å². The molecule has 0 unspecified atom stereocenters. The largest absolute Gasteiger partial charge is 0.492 e. The first kappa shape index (κ1) is 11.8. The van der Waals surface area contributed by atoms with E-state index in [0.717, 1.165) is 25.1 Å². The lowest BCUT2D eigenvalue weighted by atomic mass is 10.2. The maximum Gasteiger partial charge on any atom is 0.145 e. The van der Waals surface area contributed by atoms with Gasteiger partial charge in [-0.15, -0.1) is 0 Å². The molecule has 1 aromatic rings. The molecular formula is C12H18FNO. The molecule has 1 aromatic carbocycles. The molecule has 0 saturated heterocycles. The van der Waals surface area contributed by atoms with Crippen LogP contribution in [0.15, 0.2) is 18.2 Å². The van der Waals surface area contributed by atoms with Crippen molar-refractivity contribution in [3.8, 4) is 5.75 Å². The third kappa shape index (κ3) is 3.78. The summed E-state index contributed by atoms with van der Waals surface area (Å²) in [4.78, 5) is 0. The number of nitrogens with one attached hydrogen (secondary N) is 1. The van der Waals surface area contributed by atoms with Gasteiger partial charge in [-0.1, -0.05) is 13.3 Å². The van der Waals surface area contributed by atoms with Gasteiger partial charge in [-0.3, -0.25) is 0 Å². The van der Waals surface area contributed by atoms with Crippen LogP contribution in [-0.4, -0.2) is 13.2 Å². The van der Waals surface area contributed by atoms with Gasteiger partial charge in [-0.25, -0.2) is 4.39 Å². The molecule has 3 heteroatoms. The number of hydrogen-bond acceptors (Lipinski definition) is 2. The smallest absolute Gasteiger partial charge is 0.145 e. The monoisotopic (exact) mass is 211 g/mol. The average molecular weight is 211 g/mol. The summed E-state index contributed by atoms with van der Waals surface area (Å²) in [7, 11) is 0. The molecule has 0 fully saturated rings. The molecular weight excluding hydrogens is 193 g/mol. The normalized spacial score (nSPS) is 10.1. The Labute approximate surface area is 90.4 Å². The van der Waals surface area contributed by atoms with E-state index in [1.165, 1.54) is 12.1 Å².